The number of hydrogen-bond acceptors (Lipinski definition) is 3. The van der Waals surface area contributed by atoms with E-state index in [9.17, 15) is 5.11 Å². The molecule has 3 nitrogen and oxygen atoms in total. The zero-order chi connectivity index (χ0) is 14.2. The fourth-order valence-electron chi connectivity index (χ4n) is 3.16. The van der Waals surface area contributed by atoms with Crippen molar-refractivity contribution in [2.75, 3.05) is 6.61 Å². The fraction of sp³-hybridized carbons (Fsp3) is 0.471. The molecule has 20 heavy (non-hydrogen) atoms. The third kappa shape index (κ3) is 2.21. The molecule has 1 aromatic carbocycles. The maximum atomic E-state index is 11.2. The number of benzene rings is 1. The number of ether oxygens (including phenoxy) is 1. The number of nitrogens with zero attached hydrogens (tertiary/aromatic N) is 1. The first kappa shape index (κ1) is 13.5. The molecular formula is C17H21NO2. The second-order valence-corrected chi connectivity index (χ2v) is 5.99. The summed E-state index contributed by atoms with van der Waals surface area (Å²) in [6.45, 7) is 4.77. The molecule has 0 spiro atoms. The first-order valence-corrected chi connectivity index (χ1v) is 7.27. The van der Waals surface area contributed by atoms with Crippen LogP contribution in [0, 0.1) is 0 Å². The van der Waals surface area contributed by atoms with Gasteiger partial charge in [0.1, 0.15) is 0 Å². The molecule has 1 saturated heterocycles. The van der Waals surface area contributed by atoms with Gasteiger partial charge in [-0.2, -0.15) is 0 Å². The van der Waals surface area contributed by atoms with Crippen LogP contribution in [0.15, 0.2) is 36.5 Å². The first-order valence-electron chi connectivity index (χ1n) is 7.27. The zero-order valence-corrected chi connectivity index (χ0v) is 12.1. The molecule has 3 heteroatoms. The Morgan fingerprint density at radius 2 is 2.10 bits per heavy atom. The van der Waals surface area contributed by atoms with Crippen LogP contribution >= 0.6 is 0 Å². The summed E-state index contributed by atoms with van der Waals surface area (Å²) in [5, 5.41) is 12.3. The minimum Gasteiger partial charge on any atom is -0.385 e. The monoisotopic (exact) mass is 271 g/mol. The molecule has 3 rings (SSSR count). The van der Waals surface area contributed by atoms with Gasteiger partial charge in [0.2, 0.25) is 0 Å². The molecule has 1 fully saturated rings. The maximum absolute atomic E-state index is 11.2. The highest BCUT2D eigenvalue weighted by atomic mass is 16.5. The van der Waals surface area contributed by atoms with Crippen molar-refractivity contribution in [3.05, 3.63) is 42.1 Å². The molecular weight excluding hydrogens is 250 g/mol. The van der Waals surface area contributed by atoms with Gasteiger partial charge in [-0.1, -0.05) is 31.2 Å². The van der Waals surface area contributed by atoms with E-state index in [1.807, 2.05) is 30.3 Å². The molecule has 0 saturated carbocycles. The summed E-state index contributed by atoms with van der Waals surface area (Å²) in [6, 6.07) is 9.99. The van der Waals surface area contributed by atoms with E-state index in [1.165, 1.54) is 0 Å². The summed E-state index contributed by atoms with van der Waals surface area (Å²) in [5.41, 5.74) is 0.720. The minimum absolute atomic E-state index is 0.260. The van der Waals surface area contributed by atoms with Crippen LogP contribution in [0.4, 0.5) is 0 Å². The molecule has 0 amide bonds. The van der Waals surface area contributed by atoms with Crippen LogP contribution in [-0.4, -0.2) is 22.3 Å². The van der Waals surface area contributed by atoms with Crippen molar-refractivity contribution in [2.45, 2.75) is 44.3 Å². The predicted molar refractivity (Wildman–Crippen MR) is 79.5 cm³/mol. The summed E-state index contributed by atoms with van der Waals surface area (Å²) >= 11 is 0. The van der Waals surface area contributed by atoms with Crippen molar-refractivity contribution in [3.8, 4) is 0 Å². The minimum atomic E-state index is -0.850. The van der Waals surface area contributed by atoms with Gasteiger partial charge in [0.15, 0.2) is 0 Å². The van der Waals surface area contributed by atoms with Gasteiger partial charge in [-0.05, 0) is 19.4 Å². The Morgan fingerprint density at radius 1 is 1.30 bits per heavy atom. The highest BCUT2D eigenvalue weighted by molar-refractivity contribution is 5.82. The van der Waals surface area contributed by atoms with Crippen LogP contribution < -0.4 is 0 Å². The number of hydrogen-bond donors (Lipinski definition) is 1. The molecule has 0 aliphatic carbocycles. The van der Waals surface area contributed by atoms with Crippen LogP contribution in [0.2, 0.25) is 0 Å². The lowest BCUT2D eigenvalue weighted by Crippen LogP contribution is -2.45. The topological polar surface area (TPSA) is 42.4 Å². The molecule has 106 valence electrons. The van der Waals surface area contributed by atoms with E-state index < -0.39 is 5.60 Å². The summed E-state index contributed by atoms with van der Waals surface area (Å²) in [6.07, 6.45) is 3.92. The van der Waals surface area contributed by atoms with Crippen LogP contribution in [0.3, 0.4) is 0 Å². The predicted octanol–water partition coefficient (Wildman–Crippen LogP) is 3.40. The van der Waals surface area contributed by atoms with Crippen LogP contribution in [0.5, 0.6) is 0 Å². The van der Waals surface area contributed by atoms with E-state index >= 15 is 0 Å². The third-order valence-electron chi connectivity index (χ3n) is 4.51. The largest absolute Gasteiger partial charge is 0.385 e. The Labute approximate surface area is 119 Å². The van der Waals surface area contributed by atoms with E-state index in [1.54, 1.807) is 6.20 Å². The van der Waals surface area contributed by atoms with Gasteiger partial charge >= 0.3 is 0 Å². The Bertz CT molecular complexity index is 622. The van der Waals surface area contributed by atoms with Gasteiger partial charge < -0.3 is 9.84 Å². The molecule has 0 radical (unpaired) electrons. The Morgan fingerprint density at radius 3 is 2.90 bits per heavy atom. The van der Waals surface area contributed by atoms with Crippen molar-refractivity contribution in [3.63, 3.8) is 0 Å². The highest BCUT2D eigenvalue weighted by Crippen LogP contribution is 2.42. The van der Waals surface area contributed by atoms with Gasteiger partial charge in [0.25, 0.3) is 0 Å². The van der Waals surface area contributed by atoms with Gasteiger partial charge in [-0.25, -0.2) is 0 Å². The molecule has 0 bridgehead atoms. The first-order chi connectivity index (χ1) is 9.56. The second kappa shape index (κ2) is 4.83. The zero-order valence-electron chi connectivity index (χ0n) is 12.1. The lowest BCUT2D eigenvalue weighted by Gasteiger charge is -2.43. The number of para-hydroxylation sites is 1. The standard InChI is InChI=1S/C17H21NO2/c1-3-16(2)12-17(19,9-11-20-16)14-8-4-6-13-7-5-10-18-15(13)14/h4-8,10,19H,3,9,11-12H2,1-2H3. The van der Waals surface area contributed by atoms with Gasteiger partial charge in [-0.3, -0.25) is 4.98 Å². The Hall–Kier alpha value is -1.45. The van der Waals surface area contributed by atoms with Crippen molar-refractivity contribution in [1.82, 2.24) is 4.98 Å². The van der Waals surface area contributed by atoms with E-state index in [-0.39, 0.29) is 5.60 Å². The van der Waals surface area contributed by atoms with Gasteiger partial charge in [-0.15, -0.1) is 0 Å². The molecule has 2 unspecified atom stereocenters. The molecule has 2 aromatic rings. The van der Waals surface area contributed by atoms with Crippen LogP contribution in [0.1, 0.15) is 38.7 Å². The fourth-order valence-corrected chi connectivity index (χ4v) is 3.16. The lowest BCUT2D eigenvalue weighted by molar-refractivity contribution is -0.157. The van der Waals surface area contributed by atoms with Crippen molar-refractivity contribution < 1.29 is 9.84 Å². The van der Waals surface area contributed by atoms with E-state index in [0.29, 0.717) is 19.4 Å². The van der Waals surface area contributed by atoms with Crippen molar-refractivity contribution in [1.29, 1.82) is 0 Å². The van der Waals surface area contributed by atoms with E-state index in [2.05, 4.69) is 18.8 Å². The molecule has 1 N–H and O–H groups in total. The number of pyridine rings is 1. The SMILES string of the molecule is CCC1(C)CC(O)(c2cccc3cccnc23)CCO1. The Kier molecular flexibility index (Phi) is 3.27. The smallest absolute Gasteiger partial charge is 0.0966 e. The number of fused-ring (bicyclic) bond motifs is 1. The Balaban J connectivity index is 2.09. The van der Waals surface area contributed by atoms with Crippen molar-refractivity contribution in [2.24, 2.45) is 0 Å². The molecule has 1 aliphatic heterocycles. The quantitative estimate of drug-likeness (QED) is 0.910. The third-order valence-corrected chi connectivity index (χ3v) is 4.51. The summed E-state index contributed by atoms with van der Waals surface area (Å²) in [4.78, 5) is 4.47. The maximum Gasteiger partial charge on any atom is 0.0966 e. The number of rotatable bonds is 2. The molecule has 1 aromatic heterocycles. The average Bonchev–Trinajstić information content (AvgIpc) is 2.46. The van der Waals surface area contributed by atoms with Crippen LogP contribution in [-0.2, 0) is 10.3 Å². The molecule has 2 heterocycles. The van der Waals surface area contributed by atoms with Crippen LogP contribution in [0.25, 0.3) is 10.9 Å². The van der Waals surface area contributed by atoms with Crippen molar-refractivity contribution >= 4 is 10.9 Å². The van der Waals surface area contributed by atoms with E-state index in [0.717, 1.165) is 22.9 Å². The highest BCUT2D eigenvalue weighted by Gasteiger charge is 2.43. The van der Waals surface area contributed by atoms with Gasteiger partial charge in [0, 0.05) is 30.0 Å². The van der Waals surface area contributed by atoms with Gasteiger partial charge in [0.05, 0.1) is 23.3 Å². The summed E-state index contributed by atoms with van der Waals surface area (Å²) in [7, 11) is 0. The summed E-state index contributed by atoms with van der Waals surface area (Å²) in [5.74, 6) is 0. The second-order valence-electron chi connectivity index (χ2n) is 5.99. The lowest BCUT2D eigenvalue weighted by atomic mass is 9.77. The average molecular weight is 271 g/mol. The normalized spacial score (nSPS) is 30.6. The number of aliphatic hydroxyl groups is 1. The van der Waals surface area contributed by atoms with E-state index in [4.69, 9.17) is 4.74 Å². The molecule has 1 aliphatic rings. The summed E-state index contributed by atoms with van der Waals surface area (Å²) < 4.78 is 5.86. The number of aromatic nitrogens is 1. The molecule has 2 atom stereocenters.